The molecule has 2 rings (SSSR count). The SMILES string of the molecule is CC(=O)CC1CCCCCN1C(=O)c1ccc([N+](=O)[O-])o1. The molecule has 2 heterocycles. The second-order valence-corrected chi connectivity index (χ2v) is 5.30. The smallest absolute Gasteiger partial charge is 0.395 e. The fourth-order valence-corrected chi connectivity index (χ4v) is 2.67. The quantitative estimate of drug-likeness (QED) is 0.628. The van der Waals surface area contributed by atoms with Crippen LogP contribution in [0.25, 0.3) is 0 Å². The van der Waals surface area contributed by atoms with Crippen molar-refractivity contribution in [3.63, 3.8) is 0 Å². The zero-order valence-electron chi connectivity index (χ0n) is 11.9. The summed E-state index contributed by atoms with van der Waals surface area (Å²) in [6, 6.07) is 2.34. The summed E-state index contributed by atoms with van der Waals surface area (Å²) in [5, 5.41) is 10.6. The minimum absolute atomic E-state index is 0.0325. The van der Waals surface area contributed by atoms with Gasteiger partial charge in [0.1, 0.15) is 10.7 Å². The lowest BCUT2D eigenvalue weighted by Crippen LogP contribution is -2.40. The summed E-state index contributed by atoms with van der Waals surface area (Å²) in [6.07, 6.45) is 3.93. The first-order valence-electron chi connectivity index (χ1n) is 7.03. The average Bonchev–Trinajstić information content (AvgIpc) is 2.80. The Morgan fingerprint density at radius 3 is 2.76 bits per heavy atom. The van der Waals surface area contributed by atoms with Gasteiger partial charge in [-0.3, -0.25) is 19.7 Å². The Kier molecular flexibility index (Phi) is 4.72. The molecule has 0 spiro atoms. The van der Waals surface area contributed by atoms with Gasteiger partial charge in [-0.25, -0.2) is 0 Å². The van der Waals surface area contributed by atoms with E-state index < -0.39 is 10.8 Å². The highest BCUT2D eigenvalue weighted by Crippen LogP contribution is 2.24. The standard InChI is InChI=1S/C14H18N2O5/c1-10(17)9-11-5-3-2-4-8-15(11)14(18)12-6-7-13(21-12)16(19)20/h6-7,11H,2-5,8-9H2,1H3. The van der Waals surface area contributed by atoms with Crippen molar-refractivity contribution in [2.75, 3.05) is 6.54 Å². The summed E-state index contributed by atoms with van der Waals surface area (Å²) in [5.74, 6) is -0.838. The van der Waals surface area contributed by atoms with E-state index in [1.54, 1.807) is 4.90 Å². The van der Waals surface area contributed by atoms with Gasteiger partial charge in [-0.05, 0) is 25.8 Å². The van der Waals surface area contributed by atoms with Crippen molar-refractivity contribution in [2.45, 2.75) is 45.1 Å². The number of carbonyl (C=O) groups is 2. The number of hydrogen-bond donors (Lipinski definition) is 0. The van der Waals surface area contributed by atoms with Gasteiger partial charge >= 0.3 is 5.88 Å². The summed E-state index contributed by atoms with van der Waals surface area (Å²) in [7, 11) is 0. The van der Waals surface area contributed by atoms with E-state index in [1.807, 2.05) is 0 Å². The van der Waals surface area contributed by atoms with Crippen LogP contribution in [-0.4, -0.2) is 34.1 Å². The Hall–Kier alpha value is -2.18. The van der Waals surface area contributed by atoms with Crippen LogP contribution in [0.15, 0.2) is 16.5 Å². The number of rotatable bonds is 4. The molecule has 0 bridgehead atoms. The van der Waals surface area contributed by atoms with Gasteiger partial charge < -0.3 is 9.32 Å². The maximum absolute atomic E-state index is 12.5. The number of nitrogens with zero attached hydrogens (tertiary/aromatic N) is 2. The molecule has 1 fully saturated rings. The summed E-state index contributed by atoms with van der Waals surface area (Å²) >= 11 is 0. The number of carbonyl (C=O) groups excluding carboxylic acids is 2. The molecule has 21 heavy (non-hydrogen) atoms. The highest BCUT2D eigenvalue weighted by Gasteiger charge is 2.29. The molecule has 1 aromatic rings. The number of nitro groups is 1. The second-order valence-electron chi connectivity index (χ2n) is 5.30. The Balaban J connectivity index is 2.19. The summed E-state index contributed by atoms with van der Waals surface area (Å²) in [5.41, 5.74) is 0. The molecule has 1 amide bonds. The van der Waals surface area contributed by atoms with Gasteiger partial charge in [0.15, 0.2) is 5.76 Å². The molecule has 0 radical (unpaired) electrons. The average molecular weight is 294 g/mol. The molecular formula is C14H18N2O5. The molecule has 1 aliphatic heterocycles. The molecule has 1 unspecified atom stereocenters. The van der Waals surface area contributed by atoms with Crippen LogP contribution in [0.4, 0.5) is 5.88 Å². The number of furan rings is 1. The molecule has 0 aromatic carbocycles. The molecule has 1 aliphatic rings. The van der Waals surface area contributed by atoms with Gasteiger partial charge in [0.2, 0.25) is 0 Å². The van der Waals surface area contributed by atoms with E-state index in [2.05, 4.69) is 0 Å². The minimum Gasteiger partial charge on any atom is -0.395 e. The molecule has 1 saturated heterocycles. The molecule has 7 nitrogen and oxygen atoms in total. The molecule has 0 aliphatic carbocycles. The normalized spacial score (nSPS) is 19.1. The number of hydrogen-bond acceptors (Lipinski definition) is 5. The van der Waals surface area contributed by atoms with Crippen LogP contribution < -0.4 is 0 Å². The van der Waals surface area contributed by atoms with E-state index in [0.717, 1.165) is 25.7 Å². The molecular weight excluding hydrogens is 276 g/mol. The van der Waals surface area contributed by atoms with Gasteiger partial charge in [-0.2, -0.15) is 0 Å². The fraction of sp³-hybridized carbons (Fsp3) is 0.571. The Morgan fingerprint density at radius 1 is 1.38 bits per heavy atom. The fourth-order valence-electron chi connectivity index (χ4n) is 2.67. The van der Waals surface area contributed by atoms with Crippen LogP contribution in [-0.2, 0) is 4.79 Å². The Bertz CT molecular complexity index is 551. The molecule has 0 N–H and O–H groups in total. The first kappa shape index (κ1) is 15.2. The third kappa shape index (κ3) is 3.68. The Morgan fingerprint density at radius 2 is 2.14 bits per heavy atom. The summed E-state index contributed by atoms with van der Waals surface area (Å²) < 4.78 is 4.98. The lowest BCUT2D eigenvalue weighted by molar-refractivity contribution is -0.402. The predicted molar refractivity (Wildman–Crippen MR) is 74.0 cm³/mol. The third-order valence-corrected chi connectivity index (χ3v) is 3.64. The van der Waals surface area contributed by atoms with Gasteiger partial charge in [0.05, 0.1) is 6.07 Å². The van der Waals surface area contributed by atoms with Crippen LogP contribution in [0.1, 0.15) is 49.6 Å². The van der Waals surface area contributed by atoms with Crippen LogP contribution >= 0.6 is 0 Å². The van der Waals surface area contributed by atoms with E-state index >= 15 is 0 Å². The number of Topliss-reactive ketones (excluding diaryl/α,β-unsaturated/α-hetero) is 1. The van der Waals surface area contributed by atoms with Crippen molar-refractivity contribution in [3.05, 3.63) is 28.0 Å². The number of ketones is 1. The maximum atomic E-state index is 12.5. The summed E-state index contributed by atoms with van der Waals surface area (Å²) in [6.45, 7) is 2.05. The van der Waals surface area contributed by atoms with Crippen LogP contribution in [0, 0.1) is 10.1 Å². The summed E-state index contributed by atoms with van der Waals surface area (Å²) in [4.78, 5) is 35.4. The number of amides is 1. The Labute approximate surface area is 122 Å². The van der Waals surface area contributed by atoms with Gasteiger partial charge in [0.25, 0.3) is 5.91 Å². The predicted octanol–water partition coefficient (Wildman–Crippen LogP) is 2.55. The molecule has 0 saturated carbocycles. The zero-order chi connectivity index (χ0) is 15.4. The maximum Gasteiger partial charge on any atom is 0.433 e. The van der Waals surface area contributed by atoms with Crippen molar-refractivity contribution in [3.8, 4) is 0 Å². The van der Waals surface area contributed by atoms with E-state index in [9.17, 15) is 19.7 Å². The molecule has 1 aromatic heterocycles. The first-order valence-corrected chi connectivity index (χ1v) is 7.03. The van der Waals surface area contributed by atoms with Crippen LogP contribution in [0.3, 0.4) is 0 Å². The lowest BCUT2D eigenvalue weighted by atomic mass is 10.0. The molecule has 1 atom stereocenters. The minimum atomic E-state index is -0.674. The van der Waals surface area contributed by atoms with E-state index in [-0.39, 0.29) is 23.5 Å². The number of likely N-dealkylation sites (tertiary alicyclic amines) is 1. The van der Waals surface area contributed by atoms with Crippen LogP contribution in [0.2, 0.25) is 0 Å². The van der Waals surface area contributed by atoms with Crippen molar-refractivity contribution in [2.24, 2.45) is 0 Å². The monoisotopic (exact) mass is 294 g/mol. The van der Waals surface area contributed by atoms with Gasteiger partial charge in [-0.15, -0.1) is 0 Å². The van der Waals surface area contributed by atoms with Crippen molar-refractivity contribution in [1.29, 1.82) is 0 Å². The van der Waals surface area contributed by atoms with Crippen molar-refractivity contribution < 1.29 is 18.9 Å². The first-order chi connectivity index (χ1) is 9.99. The van der Waals surface area contributed by atoms with Crippen LogP contribution in [0.5, 0.6) is 0 Å². The highest BCUT2D eigenvalue weighted by molar-refractivity contribution is 5.92. The van der Waals surface area contributed by atoms with Crippen molar-refractivity contribution >= 4 is 17.6 Å². The molecule has 114 valence electrons. The highest BCUT2D eigenvalue weighted by atomic mass is 16.6. The molecule has 7 heteroatoms. The van der Waals surface area contributed by atoms with E-state index in [0.29, 0.717) is 13.0 Å². The van der Waals surface area contributed by atoms with Gasteiger partial charge in [-0.1, -0.05) is 12.8 Å². The van der Waals surface area contributed by atoms with E-state index in [1.165, 1.54) is 19.1 Å². The van der Waals surface area contributed by atoms with E-state index in [4.69, 9.17) is 4.42 Å². The topological polar surface area (TPSA) is 93.7 Å². The van der Waals surface area contributed by atoms with Crippen molar-refractivity contribution in [1.82, 2.24) is 4.90 Å². The third-order valence-electron chi connectivity index (χ3n) is 3.64. The van der Waals surface area contributed by atoms with Gasteiger partial charge in [0, 0.05) is 19.0 Å². The second kappa shape index (κ2) is 6.51. The lowest BCUT2D eigenvalue weighted by Gasteiger charge is -2.28. The largest absolute Gasteiger partial charge is 0.433 e. The zero-order valence-corrected chi connectivity index (χ0v) is 11.9.